The van der Waals surface area contributed by atoms with Gasteiger partial charge in [0, 0.05) is 36.5 Å². The number of hydrogen-bond donors (Lipinski definition) is 2. The first kappa shape index (κ1) is 24.3. The number of carbonyl (C=O) groups excluding carboxylic acids is 1. The third kappa shape index (κ3) is 6.49. The van der Waals surface area contributed by atoms with Gasteiger partial charge in [-0.25, -0.2) is 0 Å². The molecule has 2 N–H and O–H groups in total. The fourth-order valence-electron chi connectivity index (χ4n) is 2.72. The summed E-state index contributed by atoms with van der Waals surface area (Å²) in [4.78, 5) is 19.8. The van der Waals surface area contributed by atoms with E-state index in [1.807, 2.05) is 13.8 Å². The van der Waals surface area contributed by atoms with E-state index in [1.165, 1.54) is 13.1 Å². The van der Waals surface area contributed by atoms with Gasteiger partial charge in [0.05, 0.1) is 33.7 Å². The molecule has 9 nitrogen and oxygen atoms in total. The summed E-state index contributed by atoms with van der Waals surface area (Å²) in [6.45, 7) is 5.44. The van der Waals surface area contributed by atoms with Gasteiger partial charge in [-0.05, 0) is 12.1 Å². The molecule has 0 saturated heterocycles. The Morgan fingerprint density at radius 2 is 1.59 bits per heavy atom. The maximum atomic E-state index is 11.2. The molecule has 1 heterocycles. The predicted octanol–water partition coefficient (Wildman–Crippen LogP) is 5.02. The molecule has 0 unspecified atom stereocenters. The smallest absolute Gasteiger partial charge is 0.239 e. The first-order chi connectivity index (χ1) is 15.5. The maximum Gasteiger partial charge on any atom is 0.239 e. The van der Waals surface area contributed by atoms with Gasteiger partial charge in [0.1, 0.15) is 5.75 Å². The Morgan fingerprint density at radius 3 is 2.19 bits per heavy atom. The predicted molar refractivity (Wildman–Crippen MR) is 124 cm³/mol. The average Bonchev–Trinajstić information content (AvgIpc) is 2.79. The third-order valence-corrected chi connectivity index (χ3v) is 3.93. The zero-order chi connectivity index (χ0) is 23.5. The number of benzene rings is 2. The molecule has 170 valence electrons. The van der Waals surface area contributed by atoms with Crippen molar-refractivity contribution in [2.45, 2.75) is 20.8 Å². The van der Waals surface area contributed by atoms with E-state index in [0.29, 0.717) is 40.2 Å². The Bertz CT molecular complexity index is 1020. The second-order valence-electron chi connectivity index (χ2n) is 6.09. The molecule has 0 saturated carbocycles. The molecule has 0 aliphatic heterocycles. The molecule has 2 aromatic carbocycles. The van der Waals surface area contributed by atoms with Crippen molar-refractivity contribution in [3.05, 3.63) is 48.8 Å². The van der Waals surface area contributed by atoms with Crippen molar-refractivity contribution in [2.75, 3.05) is 32.0 Å². The third-order valence-electron chi connectivity index (χ3n) is 3.93. The molecule has 0 atom stereocenters. The number of rotatable bonds is 8. The maximum absolute atomic E-state index is 11.2. The summed E-state index contributed by atoms with van der Waals surface area (Å²) >= 11 is 0. The largest absolute Gasteiger partial charge is 0.493 e. The van der Waals surface area contributed by atoms with Crippen LogP contribution in [0.4, 0.5) is 17.2 Å². The molecule has 1 aromatic heterocycles. The lowest BCUT2D eigenvalue weighted by Gasteiger charge is -2.15. The second kappa shape index (κ2) is 12.0. The minimum Gasteiger partial charge on any atom is -0.493 e. The molecule has 9 heteroatoms. The number of carbonyl (C=O) groups is 1. The number of nitrogens with one attached hydrogen (secondary N) is 2. The van der Waals surface area contributed by atoms with Crippen LogP contribution < -0.4 is 29.6 Å². The highest BCUT2D eigenvalue weighted by Crippen LogP contribution is 2.40. The van der Waals surface area contributed by atoms with Crippen LogP contribution in [-0.2, 0) is 4.79 Å². The summed E-state index contributed by atoms with van der Waals surface area (Å²) < 4.78 is 21.8. The molecule has 0 fully saturated rings. The summed E-state index contributed by atoms with van der Waals surface area (Å²) in [5.41, 5.74) is 1.29. The number of amides is 1. The van der Waals surface area contributed by atoms with E-state index in [9.17, 15) is 4.79 Å². The minimum absolute atomic E-state index is 0.163. The van der Waals surface area contributed by atoms with Gasteiger partial charge in [-0.15, -0.1) is 0 Å². The Labute approximate surface area is 187 Å². The van der Waals surface area contributed by atoms with Crippen molar-refractivity contribution in [3.63, 3.8) is 0 Å². The van der Waals surface area contributed by atoms with Crippen molar-refractivity contribution in [3.8, 4) is 28.9 Å². The van der Waals surface area contributed by atoms with Gasteiger partial charge in [-0.2, -0.15) is 4.98 Å². The van der Waals surface area contributed by atoms with Crippen LogP contribution >= 0.6 is 0 Å². The molecule has 0 bridgehead atoms. The number of ether oxygens (including phenoxy) is 4. The van der Waals surface area contributed by atoms with E-state index in [4.69, 9.17) is 18.9 Å². The minimum atomic E-state index is -0.163. The molecule has 0 aliphatic rings. The molecule has 3 aromatic rings. The summed E-state index contributed by atoms with van der Waals surface area (Å²) in [6, 6.07) is 10.5. The van der Waals surface area contributed by atoms with Gasteiger partial charge in [0.2, 0.25) is 17.5 Å². The molecular formula is C23H28N4O5. The number of anilines is 3. The highest BCUT2D eigenvalue weighted by atomic mass is 16.5. The monoisotopic (exact) mass is 440 g/mol. The average molecular weight is 441 g/mol. The van der Waals surface area contributed by atoms with E-state index >= 15 is 0 Å². The van der Waals surface area contributed by atoms with Gasteiger partial charge >= 0.3 is 0 Å². The quantitative estimate of drug-likeness (QED) is 0.503. The first-order valence-electron chi connectivity index (χ1n) is 9.97. The van der Waals surface area contributed by atoms with Gasteiger partial charge in [-0.3, -0.25) is 9.78 Å². The number of aromatic nitrogens is 2. The van der Waals surface area contributed by atoms with Crippen LogP contribution in [0.25, 0.3) is 0 Å². The number of nitrogens with zero attached hydrogens (tertiary/aromatic N) is 2. The van der Waals surface area contributed by atoms with E-state index in [2.05, 4.69) is 20.6 Å². The van der Waals surface area contributed by atoms with Gasteiger partial charge < -0.3 is 29.6 Å². The van der Waals surface area contributed by atoms with Crippen LogP contribution in [-0.4, -0.2) is 37.2 Å². The molecule has 1 amide bonds. The Morgan fingerprint density at radius 1 is 0.906 bits per heavy atom. The Hall–Kier alpha value is -4.01. The van der Waals surface area contributed by atoms with Gasteiger partial charge in [-0.1, -0.05) is 19.9 Å². The van der Waals surface area contributed by atoms with Crippen molar-refractivity contribution >= 4 is 23.1 Å². The molecule has 32 heavy (non-hydrogen) atoms. The number of hydrogen-bond acceptors (Lipinski definition) is 8. The summed E-state index contributed by atoms with van der Waals surface area (Å²) in [6.07, 6.45) is 3.05. The molecule has 0 aliphatic carbocycles. The van der Waals surface area contributed by atoms with E-state index < -0.39 is 0 Å². The van der Waals surface area contributed by atoms with Crippen LogP contribution in [0.5, 0.6) is 28.9 Å². The summed E-state index contributed by atoms with van der Waals surface area (Å²) in [5.74, 6) is 2.60. The molecule has 0 spiro atoms. The van der Waals surface area contributed by atoms with Gasteiger partial charge in [0.25, 0.3) is 0 Å². The lowest BCUT2D eigenvalue weighted by atomic mass is 10.2. The van der Waals surface area contributed by atoms with E-state index in [-0.39, 0.29) is 11.8 Å². The van der Waals surface area contributed by atoms with Crippen molar-refractivity contribution in [1.82, 2.24) is 9.97 Å². The van der Waals surface area contributed by atoms with Crippen LogP contribution in [0, 0.1) is 0 Å². The normalized spacial score (nSPS) is 9.69. The molecular weight excluding hydrogens is 412 g/mol. The topological polar surface area (TPSA) is 104 Å². The van der Waals surface area contributed by atoms with Crippen LogP contribution in [0.2, 0.25) is 0 Å². The van der Waals surface area contributed by atoms with E-state index in [1.54, 1.807) is 63.9 Å². The van der Waals surface area contributed by atoms with Crippen LogP contribution in [0.3, 0.4) is 0 Å². The highest BCUT2D eigenvalue weighted by molar-refractivity contribution is 5.88. The SMILES string of the molecule is CC.COc1cc(Nc2cncc(Oc3cccc(NC(C)=O)c3)n2)cc(OC)c1OC. The van der Waals surface area contributed by atoms with Crippen LogP contribution in [0.15, 0.2) is 48.8 Å². The molecule has 0 radical (unpaired) electrons. The first-order valence-corrected chi connectivity index (χ1v) is 9.97. The van der Waals surface area contributed by atoms with Gasteiger partial charge in [0.15, 0.2) is 17.3 Å². The zero-order valence-corrected chi connectivity index (χ0v) is 19.1. The zero-order valence-electron chi connectivity index (χ0n) is 19.1. The lowest BCUT2D eigenvalue weighted by molar-refractivity contribution is -0.114. The number of methoxy groups -OCH3 is 3. The second-order valence-corrected chi connectivity index (χ2v) is 6.09. The fraction of sp³-hybridized carbons (Fsp3) is 0.261. The highest BCUT2D eigenvalue weighted by Gasteiger charge is 2.14. The lowest BCUT2D eigenvalue weighted by Crippen LogP contribution is -2.05. The van der Waals surface area contributed by atoms with Crippen molar-refractivity contribution in [2.24, 2.45) is 0 Å². The van der Waals surface area contributed by atoms with E-state index in [0.717, 1.165) is 0 Å². The standard InChI is InChI=1S/C21H22N4O5.C2H6/c1-13(26)23-14-6-5-7-16(8-14)30-20-12-22-11-19(25-20)24-15-9-17(27-2)21(29-4)18(10-15)28-3;1-2/h5-12H,1-4H3,(H,23,26)(H,24,25);1-2H3. The van der Waals surface area contributed by atoms with Crippen molar-refractivity contribution < 1.29 is 23.7 Å². The Balaban J connectivity index is 0.00000176. The fourth-order valence-corrected chi connectivity index (χ4v) is 2.72. The summed E-state index contributed by atoms with van der Waals surface area (Å²) in [7, 11) is 4.63. The Kier molecular flexibility index (Phi) is 9.09. The van der Waals surface area contributed by atoms with Crippen LogP contribution in [0.1, 0.15) is 20.8 Å². The summed E-state index contributed by atoms with van der Waals surface area (Å²) in [5, 5.41) is 5.85. The molecule has 3 rings (SSSR count). The van der Waals surface area contributed by atoms with Crippen molar-refractivity contribution in [1.29, 1.82) is 0 Å².